The van der Waals surface area contributed by atoms with Crippen molar-refractivity contribution in [3.05, 3.63) is 41.5 Å². The number of aromatic nitrogens is 2. The minimum Gasteiger partial charge on any atom is -0.475 e. The summed E-state index contributed by atoms with van der Waals surface area (Å²) in [7, 11) is 0. The lowest BCUT2D eigenvalue weighted by Gasteiger charge is -2.33. The maximum absolute atomic E-state index is 13.2. The Balaban J connectivity index is 0.000000396. The minimum atomic E-state index is -5.08. The molecule has 1 amide bonds. The Kier molecular flexibility index (Phi) is 12.6. The van der Waals surface area contributed by atoms with Crippen LogP contribution in [0.4, 0.5) is 38.1 Å². The van der Waals surface area contributed by atoms with Crippen molar-refractivity contribution >= 4 is 52.4 Å². The fourth-order valence-electron chi connectivity index (χ4n) is 5.66. The van der Waals surface area contributed by atoms with Gasteiger partial charge in [-0.25, -0.2) is 14.6 Å². The van der Waals surface area contributed by atoms with Crippen molar-refractivity contribution < 1.29 is 69.9 Å². The van der Waals surface area contributed by atoms with Crippen molar-refractivity contribution in [3.8, 4) is 17.2 Å². The van der Waals surface area contributed by atoms with E-state index in [1.54, 1.807) is 12.1 Å². The van der Waals surface area contributed by atoms with Gasteiger partial charge in [0.05, 0.1) is 11.9 Å². The lowest BCUT2D eigenvalue weighted by atomic mass is 9.89. The molecule has 3 aromatic rings. The first-order valence-electron chi connectivity index (χ1n) is 15.9. The highest BCUT2D eigenvalue weighted by atomic mass is 19.4. The van der Waals surface area contributed by atoms with Crippen LogP contribution in [0.1, 0.15) is 55.6 Å². The van der Waals surface area contributed by atoms with Crippen molar-refractivity contribution in [2.75, 3.05) is 17.4 Å². The van der Waals surface area contributed by atoms with Gasteiger partial charge in [0.1, 0.15) is 11.6 Å². The summed E-state index contributed by atoms with van der Waals surface area (Å²) in [6, 6.07) is 9.25. The standard InChI is InChI=1S/C28H31N7O5.2C2HF3O2/c1-14-6-7-18-17(8-14)26(31-19-4-2-3-5-20(19)32-27(29)30)35-28(33-18)34-24(36)9-15-10-25(37)40-21-12-23-22(11-16(15)21)38-13-39-23;2*3-2(4,5)1(6)7/h6-8,11-12,15,19-20H,2-5,9-10,13H2,1H3,(H4,29,30,32)(H2,31,33,34,35,36);2*(H,6,7). The van der Waals surface area contributed by atoms with Gasteiger partial charge in [0, 0.05) is 41.4 Å². The van der Waals surface area contributed by atoms with Crippen LogP contribution in [0.5, 0.6) is 17.2 Å². The lowest BCUT2D eigenvalue weighted by Crippen LogP contribution is -2.50. The fourth-order valence-corrected chi connectivity index (χ4v) is 5.66. The number of carbonyl (C=O) groups is 4. The van der Waals surface area contributed by atoms with Gasteiger partial charge in [0.2, 0.25) is 18.6 Å². The molecule has 6 rings (SSSR count). The van der Waals surface area contributed by atoms with Crippen molar-refractivity contribution in [2.24, 2.45) is 5.73 Å². The molecule has 3 unspecified atom stereocenters. The number of rotatable bonds is 6. The van der Waals surface area contributed by atoms with Gasteiger partial charge in [-0.05, 0) is 38.0 Å². The zero-order valence-electron chi connectivity index (χ0n) is 28.1. The van der Waals surface area contributed by atoms with Crippen LogP contribution < -0.4 is 35.9 Å². The summed E-state index contributed by atoms with van der Waals surface area (Å²) in [5, 5.41) is 32.2. The number of guanidine groups is 1. The zero-order valence-corrected chi connectivity index (χ0v) is 28.1. The van der Waals surface area contributed by atoms with Gasteiger partial charge in [-0.1, -0.05) is 24.5 Å². The van der Waals surface area contributed by atoms with E-state index in [0.29, 0.717) is 28.6 Å². The Morgan fingerprint density at radius 2 is 1.52 bits per heavy atom. The highest BCUT2D eigenvalue weighted by Gasteiger charge is 2.39. The number of amides is 1. The molecule has 1 aliphatic carbocycles. The number of nitrogens with zero attached hydrogens (tertiary/aromatic N) is 2. The highest BCUT2D eigenvalue weighted by molar-refractivity contribution is 5.95. The second kappa shape index (κ2) is 16.7. The van der Waals surface area contributed by atoms with Gasteiger partial charge in [-0.2, -0.15) is 31.3 Å². The first kappa shape index (κ1) is 40.7. The largest absolute Gasteiger partial charge is 0.490 e. The molecule has 22 heteroatoms. The molecule has 3 atom stereocenters. The summed E-state index contributed by atoms with van der Waals surface area (Å²) in [6.45, 7) is 2.10. The molecule has 2 aromatic carbocycles. The Bertz CT molecular complexity index is 1900. The quantitative estimate of drug-likeness (QED) is 0.0597. The van der Waals surface area contributed by atoms with Crippen molar-refractivity contribution in [1.29, 1.82) is 5.41 Å². The molecule has 1 fully saturated rings. The van der Waals surface area contributed by atoms with E-state index in [1.807, 2.05) is 25.1 Å². The molecular formula is C32H33F6N7O9. The first-order valence-corrected chi connectivity index (χ1v) is 15.9. The van der Waals surface area contributed by atoms with Crippen LogP contribution >= 0.6 is 0 Å². The number of nitrogens with two attached hydrogens (primary N) is 1. The number of anilines is 2. The molecule has 1 saturated carbocycles. The number of esters is 1. The van der Waals surface area contributed by atoms with Crippen LogP contribution in [-0.2, 0) is 19.2 Å². The third-order valence-electron chi connectivity index (χ3n) is 8.03. The lowest BCUT2D eigenvalue weighted by molar-refractivity contribution is -0.193. The van der Waals surface area contributed by atoms with E-state index < -0.39 is 36.2 Å². The Morgan fingerprint density at radius 1 is 0.926 bits per heavy atom. The van der Waals surface area contributed by atoms with Gasteiger partial charge in [-0.3, -0.25) is 20.3 Å². The van der Waals surface area contributed by atoms with Crippen LogP contribution in [-0.4, -0.2) is 81.2 Å². The molecule has 0 spiro atoms. The molecule has 1 aromatic heterocycles. The minimum absolute atomic E-state index is 0.00232. The number of aryl methyl sites for hydroxylation is 1. The van der Waals surface area contributed by atoms with Gasteiger partial charge >= 0.3 is 30.3 Å². The number of carboxylic acids is 2. The van der Waals surface area contributed by atoms with Crippen molar-refractivity contribution in [2.45, 2.75) is 75.8 Å². The summed E-state index contributed by atoms with van der Waals surface area (Å²) < 4.78 is 79.7. The van der Waals surface area contributed by atoms with E-state index in [4.69, 9.17) is 50.1 Å². The van der Waals surface area contributed by atoms with E-state index >= 15 is 0 Å². The topological polar surface area (TPSA) is 248 Å². The molecule has 3 aliphatic rings. The summed E-state index contributed by atoms with van der Waals surface area (Å²) in [6.07, 6.45) is -6.20. The Labute approximate surface area is 300 Å². The zero-order chi connectivity index (χ0) is 40.0. The Hall–Kier alpha value is -6.09. The third-order valence-corrected chi connectivity index (χ3v) is 8.03. The molecule has 0 bridgehead atoms. The number of hydrogen-bond donors (Lipinski definition) is 7. The molecular weight excluding hydrogens is 740 g/mol. The van der Waals surface area contributed by atoms with Gasteiger partial charge in [0.25, 0.3) is 0 Å². The van der Waals surface area contributed by atoms with E-state index in [-0.39, 0.29) is 49.5 Å². The normalized spacial score (nSPS) is 18.7. The number of nitrogens with one attached hydrogen (secondary N) is 4. The number of benzene rings is 2. The predicted octanol–water partition coefficient (Wildman–Crippen LogP) is 4.56. The second-order valence-electron chi connectivity index (χ2n) is 12.1. The van der Waals surface area contributed by atoms with Gasteiger partial charge in [-0.15, -0.1) is 0 Å². The summed E-state index contributed by atoms with van der Waals surface area (Å²) >= 11 is 0. The van der Waals surface area contributed by atoms with Crippen LogP contribution in [0, 0.1) is 12.3 Å². The summed E-state index contributed by atoms with van der Waals surface area (Å²) in [5.41, 5.74) is 8.10. The molecule has 8 N–H and O–H groups in total. The van der Waals surface area contributed by atoms with E-state index in [0.717, 1.165) is 42.2 Å². The predicted molar refractivity (Wildman–Crippen MR) is 175 cm³/mol. The van der Waals surface area contributed by atoms with Crippen LogP contribution in [0.2, 0.25) is 0 Å². The molecule has 0 saturated heterocycles. The van der Waals surface area contributed by atoms with Crippen molar-refractivity contribution in [3.63, 3.8) is 0 Å². The van der Waals surface area contributed by atoms with Crippen LogP contribution in [0.25, 0.3) is 10.9 Å². The number of carboxylic acid groups (broad SMARTS) is 2. The summed E-state index contributed by atoms with van der Waals surface area (Å²) in [4.78, 5) is 52.6. The van der Waals surface area contributed by atoms with E-state index in [2.05, 4.69) is 20.9 Å². The number of alkyl halides is 6. The molecule has 16 nitrogen and oxygen atoms in total. The number of hydrogen-bond acceptors (Lipinski definition) is 11. The summed E-state index contributed by atoms with van der Waals surface area (Å²) in [5.74, 6) is -4.49. The maximum atomic E-state index is 13.2. The number of aliphatic carboxylic acids is 2. The van der Waals surface area contributed by atoms with Crippen LogP contribution in [0.15, 0.2) is 30.3 Å². The smallest absolute Gasteiger partial charge is 0.475 e. The van der Waals surface area contributed by atoms with Crippen molar-refractivity contribution in [1.82, 2.24) is 15.3 Å². The molecule has 0 radical (unpaired) electrons. The maximum Gasteiger partial charge on any atom is 0.490 e. The number of carbonyl (C=O) groups excluding carboxylic acids is 2. The SMILES string of the molecule is Cc1ccc2nc(NC(=O)CC3CC(=O)Oc4cc5c(cc43)OCO5)nc(NC3CCCCC3NC(=N)N)c2c1.O=C(O)C(F)(F)F.O=C(O)C(F)(F)F. The molecule has 292 valence electrons. The monoisotopic (exact) mass is 773 g/mol. The Morgan fingerprint density at radius 3 is 2.11 bits per heavy atom. The second-order valence-corrected chi connectivity index (χ2v) is 12.1. The number of fused-ring (bicyclic) bond motifs is 3. The molecule has 54 heavy (non-hydrogen) atoms. The van der Waals surface area contributed by atoms with Gasteiger partial charge in [0.15, 0.2) is 17.5 Å². The average Bonchev–Trinajstić information content (AvgIpc) is 3.52. The third kappa shape index (κ3) is 11.0. The molecule has 3 heterocycles. The molecule has 2 aliphatic heterocycles. The first-order chi connectivity index (χ1) is 25.2. The van der Waals surface area contributed by atoms with Crippen LogP contribution in [0.3, 0.4) is 0 Å². The highest BCUT2D eigenvalue weighted by Crippen LogP contribution is 2.45. The van der Waals surface area contributed by atoms with Gasteiger partial charge < -0.3 is 40.8 Å². The number of ether oxygens (including phenoxy) is 3. The van der Waals surface area contributed by atoms with E-state index in [1.165, 1.54) is 0 Å². The average molecular weight is 774 g/mol. The number of halogens is 6. The fraction of sp³-hybridized carbons (Fsp3) is 0.406. The van der Waals surface area contributed by atoms with E-state index in [9.17, 15) is 35.9 Å².